The van der Waals surface area contributed by atoms with Gasteiger partial charge in [-0.2, -0.15) is 4.31 Å². The summed E-state index contributed by atoms with van der Waals surface area (Å²) in [5.41, 5.74) is 6.56. The van der Waals surface area contributed by atoms with Crippen LogP contribution in [0.4, 0.5) is 5.69 Å². The molecule has 0 bridgehead atoms. The fourth-order valence-electron chi connectivity index (χ4n) is 2.39. The van der Waals surface area contributed by atoms with E-state index in [-0.39, 0.29) is 30.3 Å². The zero-order valence-electron chi connectivity index (χ0n) is 12.0. The predicted octanol–water partition coefficient (Wildman–Crippen LogP) is -0.287. The Hall–Kier alpha value is -1.64. The number of amides is 1. The second kappa shape index (κ2) is 6.00. The van der Waals surface area contributed by atoms with Gasteiger partial charge >= 0.3 is 0 Å². The number of nitrogen functional groups attached to an aromatic ring is 1. The number of nitrogens with zero attached hydrogens (tertiary/aromatic N) is 1. The summed E-state index contributed by atoms with van der Waals surface area (Å²) in [6.45, 7) is 2.08. The van der Waals surface area contributed by atoms with E-state index in [1.165, 1.54) is 13.1 Å². The Balaban J connectivity index is 2.48. The maximum Gasteiger partial charge on any atom is 0.246 e. The molecule has 0 radical (unpaired) electrons. The number of carbonyl (C=O) groups excluding carboxylic acids is 1. The van der Waals surface area contributed by atoms with Crippen LogP contribution < -0.4 is 11.1 Å². The molecule has 1 unspecified atom stereocenters. The smallest absolute Gasteiger partial charge is 0.246 e. The number of rotatable bonds is 3. The molecule has 8 heteroatoms. The molecule has 1 aliphatic rings. The van der Waals surface area contributed by atoms with Crippen molar-refractivity contribution in [3.8, 4) is 0 Å². The predicted molar refractivity (Wildman–Crippen MR) is 78.2 cm³/mol. The van der Waals surface area contributed by atoms with Crippen molar-refractivity contribution in [1.82, 2.24) is 9.62 Å². The summed E-state index contributed by atoms with van der Waals surface area (Å²) in [5.74, 6) is -0.398. The fourth-order valence-corrected chi connectivity index (χ4v) is 4.28. The van der Waals surface area contributed by atoms with Crippen LogP contribution in [0, 0.1) is 6.92 Å². The summed E-state index contributed by atoms with van der Waals surface area (Å²) in [4.78, 5) is 12.0. The van der Waals surface area contributed by atoms with Crippen LogP contribution in [0.25, 0.3) is 0 Å². The van der Waals surface area contributed by atoms with E-state index in [1.54, 1.807) is 19.1 Å². The summed E-state index contributed by atoms with van der Waals surface area (Å²) in [6.07, 6.45) is 0. The van der Waals surface area contributed by atoms with E-state index in [4.69, 9.17) is 10.5 Å². The van der Waals surface area contributed by atoms with Crippen molar-refractivity contribution in [2.45, 2.75) is 17.9 Å². The van der Waals surface area contributed by atoms with Gasteiger partial charge in [-0.05, 0) is 18.6 Å². The molecule has 0 saturated carbocycles. The first-order chi connectivity index (χ1) is 9.89. The Kier molecular flexibility index (Phi) is 4.50. The second-order valence-electron chi connectivity index (χ2n) is 4.81. The molecule has 1 aliphatic heterocycles. The lowest BCUT2D eigenvalue weighted by atomic mass is 10.2. The number of hydrogen-bond acceptors (Lipinski definition) is 5. The largest absolute Gasteiger partial charge is 0.398 e. The highest BCUT2D eigenvalue weighted by Crippen LogP contribution is 2.28. The van der Waals surface area contributed by atoms with Crippen LogP contribution in [-0.2, 0) is 19.6 Å². The van der Waals surface area contributed by atoms with E-state index in [2.05, 4.69) is 5.32 Å². The zero-order chi connectivity index (χ0) is 15.6. The molecule has 1 heterocycles. The molecule has 1 aromatic rings. The Morgan fingerprint density at radius 2 is 2.19 bits per heavy atom. The highest BCUT2D eigenvalue weighted by molar-refractivity contribution is 7.89. The van der Waals surface area contributed by atoms with Crippen molar-refractivity contribution >= 4 is 21.6 Å². The molecule has 0 spiro atoms. The molecule has 1 amide bonds. The molecule has 1 atom stereocenters. The maximum atomic E-state index is 12.9. The zero-order valence-corrected chi connectivity index (χ0v) is 12.8. The van der Waals surface area contributed by atoms with Gasteiger partial charge in [-0.1, -0.05) is 12.1 Å². The second-order valence-corrected chi connectivity index (χ2v) is 6.64. The number of likely N-dealkylation sites (N-methyl/N-ethyl adjacent to an activating group) is 1. The third-order valence-electron chi connectivity index (χ3n) is 3.44. The number of morpholine rings is 1. The molecule has 0 aliphatic carbocycles. The first-order valence-electron chi connectivity index (χ1n) is 6.56. The number of hydrogen-bond donors (Lipinski definition) is 2. The van der Waals surface area contributed by atoms with E-state index >= 15 is 0 Å². The number of anilines is 1. The third kappa shape index (κ3) is 2.87. The van der Waals surface area contributed by atoms with Gasteiger partial charge in [-0.25, -0.2) is 8.42 Å². The molecule has 0 aromatic heterocycles. The van der Waals surface area contributed by atoms with Gasteiger partial charge in [0.2, 0.25) is 15.9 Å². The van der Waals surface area contributed by atoms with E-state index < -0.39 is 22.0 Å². The van der Waals surface area contributed by atoms with Crippen molar-refractivity contribution in [3.63, 3.8) is 0 Å². The Bertz CT molecular complexity index is 625. The van der Waals surface area contributed by atoms with Gasteiger partial charge in [0.25, 0.3) is 0 Å². The van der Waals surface area contributed by atoms with Crippen LogP contribution in [0.2, 0.25) is 0 Å². The lowest BCUT2D eigenvalue weighted by Gasteiger charge is -2.33. The van der Waals surface area contributed by atoms with Crippen molar-refractivity contribution in [2.75, 3.05) is 32.5 Å². The van der Waals surface area contributed by atoms with E-state index in [1.807, 2.05) is 0 Å². The molecule has 1 fully saturated rings. The van der Waals surface area contributed by atoms with Crippen LogP contribution in [0.3, 0.4) is 0 Å². The average molecular weight is 313 g/mol. The molecule has 3 N–H and O–H groups in total. The Labute approximate surface area is 124 Å². The van der Waals surface area contributed by atoms with Gasteiger partial charge in [-0.15, -0.1) is 0 Å². The summed E-state index contributed by atoms with van der Waals surface area (Å²) in [6, 6.07) is 4.03. The van der Waals surface area contributed by atoms with Crippen molar-refractivity contribution in [1.29, 1.82) is 0 Å². The highest BCUT2D eigenvalue weighted by Gasteiger charge is 2.39. The number of sulfonamides is 1. The van der Waals surface area contributed by atoms with Gasteiger partial charge in [0, 0.05) is 13.6 Å². The lowest BCUT2D eigenvalue weighted by molar-refractivity contribution is -0.128. The molecule has 116 valence electrons. The summed E-state index contributed by atoms with van der Waals surface area (Å²) in [7, 11) is -2.40. The minimum Gasteiger partial charge on any atom is -0.398 e. The molecule has 1 aromatic carbocycles. The molecule has 7 nitrogen and oxygen atoms in total. The minimum atomic E-state index is -3.86. The topological polar surface area (TPSA) is 102 Å². The maximum absolute atomic E-state index is 12.9. The van der Waals surface area contributed by atoms with Crippen LogP contribution in [0.15, 0.2) is 23.1 Å². The quantitative estimate of drug-likeness (QED) is 0.747. The van der Waals surface area contributed by atoms with Crippen molar-refractivity contribution < 1.29 is 17.9 Å². The number of aryl methyl sites for hydroxylation is 1. The molecule has 1 saturated heterocycles. The first kappa shape index (κ1) is 15.7. The normalized spacial score (nSPS) is 20.2. The van der Waals surface area contributed by atoms with Gasteiger partial charge in [0.1, 0.15) is 10.9 Å². The first-order valence-corrected chi connectivity index (χ1v) is 8.00. The van der Waals surface area contributed by atoms with Crippen molar-refractivity contribution in [3.05, 3.63) is 23.8 Å². The lowest BCUT2D eigenvalue weighted by Crippen LogP contribution is -2.55. The van der Waals surface area contributed by atoms with Crippen LogP contribution in [0.5, 0.6) is 0 Å². The van der Waals surface area contributed by atoms with Gasteiger partial charge in [0.05, 0.1) is 18.9 Å². The van der Waals surface area contributed by atoms with Crippen molar-refractivity contribution in [2.24, 2.45) is 0 Å². The Morgan fingerprint density at radius 1 is 1.48 bits per heavy atom. The molecular formula is C13H19N3O4S. The van der Waals surface area contributed by atoms with Gasteiger partial charge in [-0.3, -0.25) is 4.79 Å². The Morgan fingerprint density at radius 3 is 2.81 bits per heavy atom. The third-order valence-corrected chi connectivity index (χ3v) is 5.57. The van der Waals surface area contributed by atoms with Crippen LogP contribution in [0.1, 0.15) is 5.56 Å². The van der Waals surface area contributed by atoms with E-state index in [0.29, 0.717) is 5.56 Å². The number of benzene rings is 1. The highest BCUT2D eigenvalue weighted by atomic mass is 32.2. The number of carbonyl (C=O) groups is 1. The standard InChI is InChI=1S/C13H19N3O4S/c1-9-4-3-5-10(14)12(9)21(18,19)16-6-7-20-8-11(16)13(17)15-2/h3-5,11H,6-8,14H2,1-2H3,(H,15,17). The number of nitrogens with two attached hydrogens (primary N) is 1. The van der Waals surface area contributed by atoms with Gasteiger partial charge < -0.3 is 15.8 Å². The molecule has 21 heavy (non-hydrogen) atoms. The van der Waals surface area contributed by atoms with Crippen LogP contribution >= 0.6 is 0 Å². The van der Waals surface area contributed by atoms with E-state index in [0.717, 1.165) is 4.31 Å². The minimum absolute atomic E-state index is 0.0324. The van der Waals surface area contributed by atoms with Crippen LogP contribution in [-0.4, -0.2) is 51.5 Å². The monoisotopic (exact) mass is 313 g/mol. The summed E-state index contributed by atoms with van der Waals surface area (Å²) >= 11 is 0. The molecular weight excluding hydrogens is 294 g/mol. The fraction of sp³-hybridized carbons (Fsp3) is 0.462. The van der Waals surface area contributed by atoms with E-state index in [9.17, 15) is 13.2 Å². The average Bonchev–Trinajstić information content (AvgIpc) is 2.46. The summed E-state index contributed by atoms with van der Waals surface area (Å²) in [5, 5.41) is 2.46. The SMILES string of the molecule is CNC(=O)C1COCCN1S(=O)(=O)c1c(C)cccc1N. The number of nitrogens with one attached hydrogen (secondary N) is 1. The van der Waals surface area contributed by atoms with Gasteiger partial charge in [0.15, 0.2) is 0 Å². The molecule has 2 rings (SSSR count). The number of ether oxygens (including phenoxy) is 1. The summed E-state index contributed by atoms with van der Waals surface area (Å²) < 4.78 is 32.1.